The molecular formula is C25H33Cl2N3O5. The van der Waals surface area contributed by atoms with Crippen LogP contribution in [0.2, 0.25) is 10.0 Å². The molecule has 0 aliphatic heterocycles. The van der Waals surface area contributed by atoms with Crippen molar-refractivity contribution in [2.45, 2.75) is 46.5 Å². The lowest BCUT2D eigenvalue weighted by atomic mass is 9.71. The Morgan fingerprint density at radius 1 is 1.03 bits per heavy atom. The van der Waals surface area contributed by atoms with Gasteiger partial charge in [-0.25, -0.2) is 4.79 Å². The number of rotatable bonds is 5. The molecule has 1 aromatic carbocycles. The highest BCUT2D eigenvalue weighted by Crippen LogP contribution is 2.45. The van der Waals surface area contributed by atoms with Gasteiger partial charge in [0.15, 0.2) is 5.78 Å². The third-order valence-electron chi connectivity index (χ3n) is 5.91. The fraction of sp³-hybridized carbons (Fsp3) is 0.480. The molecular weight excluding hydrogens is 493 g/mol. The van der Waals surface area contributed by atoms with Gasteiger partial charge >= 0.3 is 5.69 Å². The minimum absolute atomic E-state index is 0.0235. The third-order valence-corrected chi connectivity index (χ3v) is 6.48. The largest absolute Gasteiger partial charge is 0.512 e. The highest BCUT2D eigenvalue weighted by atomic mass is 35.5. The second kappa shape index (κ2) is 11.5. The first-order chi connectivity index (χ1) is 16.3. The van der Waals surface area contributed by atoms with Crippen LogP contribution in [0.1, 0.15) is 57.6 Å². The number of nitrogens with one attached hydrogen (secondary N) is 1. The molecule has 10 heteroatoms. The summed E-state index contributed by atoms with van der Waals surface area (Å²) >= 11 is 12.4. The summed E-state index contributed by atoms with van der Waals surface area (Å²) in [5.74, 6) is -2.32. The average Bonchev–Trinajstić information content (AvgIpc) is 2.75. The van der Waals surface area contributed by atoms with Crippen molar-refractivity contribution in [1.82, 2.24) is 14.5 Å². The van der Waals surface area contributed by atoms with E-state index in [2.05, 4.69) is 19.2 Å². The molecule has 3 N–H and O–H groups in total. The van der Waals surface area contributed by atoms with E-state index < -0.39 is 28.5 Å². The number of carbonyl (C=O) groups is 1. The summed E-state index contributed by atoms with van der Waals surface area (Å²) in [6, 6.07) is 4.52. The predicted molar refractivity (Wildman–Crippen MR) is 139 cm³/mol. The second-order valence-electron chi connectivity index (χ2n) is 9.30. The van der Waals surface area contributed by atoms with Crippen molar-refractivity contribution in [3.05, 3.63) is 71.5 Å². The van der Waals surface area contributed by atoms with E-state index in [9.17, 15) is 24.6 Å². The van der Waals surface area contributed by atoms with Crippen molar-refractivity contribution < 1.29 is 15.0 Å². The van der Waals surface area contributed by atoms with E-state index in [1.54, 1.807) is 0 Å². The fourth-order valence-corrected chi connectivity index (χ4v) is 4.70. The summed E-state index contributed by atoms with van der Waals surface area (Å²) in [5.41, 5.74) is -1.92. The Bertz CT molecular complexity index is 1260. The number of aromatic nitrogens is 2. The molecule has 1 aromatic heterocycles. The second-order valence-corrected chi connectivity index (χ2v) is 10.1. The Morgan fingerprint density at radius 2 is 1.63 bits per heavy atom. The molecule has 0 radical (unpaired) electrons. The summed E-state index contributed by atoms with van der Waals surface area (Å²) in [7, 11) is 2.58. The summed E-state index contributed by atoms with van der Waals surface area (Å²) < 4.78 is 1.74. The molecule has 0 saturated carbocycles. The van der Waals surface area contributed by atoms with Crippen molar-refractivity contribution in [2.24, 2.45) is 19.5 Å². The maximum Gasteiger partial charge on any atom is 0.333 e. The van der Waals surface area contributed by atoms with E-state index in [0.29, 0.717) is 10.6 Å². The van der Waals surface area contributed by atoms with Crippen molar-refractivity contribution in [3.63, 3.8) is 0 Å². The van der Waals surface area contributed by atoms with E-state index in [4.69, 9.17) is 23.2 Å². The molecule has 3 rings (SSSR count). The quantitative estimate of drug-likeness (QED) is 0.542. The molecule has 35 heavy (non-hydrogen) atoms. The molecule has 1 atom stereocenters. The molecule has 1 heterocycles. The van der Waals surface area contributed by atoms with Crippen LogP contribution < -0.4 is 16.6 Å². The van der Waals surface area contributed by atoms with Crippen LogP contribution >= 0.6 is 23.2 Å². The Morgan fingerprint density at radius 3 is 2.11 bits per heavy atom. The highest BCUT2D eigenvalue weighted by Gasteiger charge is 2.40. The minimum atomic E-state index is -1.18. The van der Waals surface area contributed by atoms with Crippen molar-refractivity contribution in [2.75, 3.05) is 13.1 Å². The molecule has 192 valence electrons. The summed E-state index contributed by atoms with van der Waals surface area (Å²) in [6.07, 6.45) is 0.351. The van der Waals surface area contributed by atoms with Crippen molar-refractivity contribution in [3.8, 4) is 5.88 Å². The van der Waals surface area contributed by atoms with Gasteiger partial charge in [-0.05, 0) is 36.2 Å². The van der Waals surface area contributed by atoms with Crippen LogP contribution in [0.4, 0.5) is 0 Å². The van der Waals surface area contributed by atoms with Crippen LogP contribution in [0.25, 0.3) is 0 Å². The molecule has 2 aromatic rings. The molecule has 0 spiro atoms. The van der Waals surface area contributed by atoms with Crippen LogP contribution in [0, 0.1) is 5.41 Å². The molecule has 1 aliphatic carbocycles. The molecule has 1 aliphatic rings. The maximum atomic E-state index is 13.1. The SMILES string of the molecule is CCNCC.Cn1c(O)c(C(C2=C(O)CC(C)(C)CC2=O)c2ccc(Cl)cc2Cl)c(=O)n(C)c1=O. The molecule has 0 bridgehead atoms. The lowest BCUT2D eigenvalue weighted by Crippen LogP contribution is -2.40. The zero-order chi connectivity index (χ0) is 26.7. The van der Waals surface area contributed by atoms with Gasteiger partial charge in [-0.2, -0.15) is 0 Å². The van der Waals surface area contributed by atoms with Gasteiger partial charge in [0.05, 0.1) is 11.5 Å². The van der Waals surface area contributed by atoms with E-state index >= 15 is 0 Å². The summed E-state index contributed by atoms with van der Waals surface area (Å²) in [4.78, 5) is 38.4. The standard InChI is InChI=1S/C21H22Cl2N2O5.C4H11N/c1-21(2)8-13(26)16(14(27)9-21)15(11-6-5-10(22)7-12(11)23)17-18(28)24(3)20(30)25(4)19(17)29;1-3-5-4-2/h5-7,15,26,28H,8-9H2,1-4H3;5H,3-4H2,1-2H3. The highest BCUT2D eigenvalue weighted by molar-refractivity contribution is 6.35. The maximum absolute atomic E-state index is 13.1. The topological polar surface area (TPSA) is 114 Å². The number of hydrogen-bond acceptors (Lipinski definition) is 6. The Balaban J connectivity index is 0.000000784. The number of Topliss-reactive ketones (excluding diaryl/α,β-unsaturated/α-hetero) is 1. The first-order valence-electron chi connectivity index (χ1n) is 11.4. The van der Waals surface area contributed by atoms with E-state index in [0.717, 1.165) is 22.2 Å². The normalized spacial score (nSPS) is 16.1. The Kier molecular flexibility index (Phi) is 9.39. The minimum Gasteiger partial charge on any atom is -0.512 e. The Labute approximate surface area is 214 Å². The van der Waals surface area contributed by atoms with E-state index in [-0.39, 0.29) is 40.5 Å². The molecule has 0 saturated heterocycles. The number of hydrogen-bond donors (Lipinski definition) is 3. The van der Waals surface area contributed by atoms with Gasteiger partial charge in [0, 0.05) is 42.6 Å². The van der Waals surface area contributed by atoms with Crippen molar-refractivity contribution >= 4 is 29.0 Å². The fourth-order valence-electron chi connectivity index (χ4n) is 4.18. The smallest absolute Gasteiger partial charge is 0.333 e. The van der Waals surface area contributed by atoms with Crippen LogP contribution in [0.5, 0.6) is 5.88 Å². The summed E-state index contributed by atoms with van der Waals surface area (Å²) in [5, 5.41) is 25.2. The number of ketones is 1. The van der Waals surface area contributed by atoms with Gasteiger partial charge in [0.25, 0.3) is 5.56 Å². The lowest BCUT2D eigenvalue weighted by Gasteiger charge is -2.33. The lowest BCUT2D eigenvalue weighted by molar-refractivity contribution is -0.118. The average molecular weight is 526 g/mol. The first kappa shape index (κ1) is 28.7. The van der Waals surface area contributed by atoms with Gasteiger partial charge in [-0.3, -0.25) is 18.7 Å². The van der Waals surface area contributed by atoms with Gasteiger partial charge in [0.1, 0.15) is 5.76 Å². The van der Waals surface area contributed by atoms with Gasteiger partial charge in [-0.1, -0.05) is 57.0 Å². The number of benzene rings is 1. The zero-order valence-corrected chi connectivity index (χ0v) is 22.4. The first-order valence-corrected chi connectivity index (χ1v) is 12.1. The molecule has 8 nitrogen and oxygen atoms in total. The van der Waals surface area contributed by atoms with Gasteiger partial charge in [0.2, 0.25) is 5.88 Å². The number of aliphatic hydroxyl groups excluding tert-OH is 1. The van der Waals surface area contributed by atoms with Crippen LogP contribution in [-0.4, -0.2) is 38.2 Å². The molecule has 1 unspecified atom stereocenters. The third kappa shape index (κ3) is 6.18. The monoisotopic (exact) mass is 525 g/mol. The van der Waals surface area contributed by atoms with E-state index in [1.807, 2.05) is 13.8 Å². The number of allylic oxidation sites excluding steroid dienone is 2. The molecule has 0 fully saturated rings. The predicted octanol–water partition coefficient (Wildman–Crippen LogP) is 4.05. The van der Waals surface area contributed by atoms with Crippen LogP contribution in [-0.2, 0) is 18.9 Å². The van der Waals surface area contributed by atoms with Gasteiger partial charge in [-0.15, -0.1) is 0 Å². The van der Waals surface area contributed by atoms with Crippen molar-refractivity contribution in [1.29, 1.82) is 0 Å². The van der Waals surface area contributed by atoms with Crippen LogP contribution in [0.15, 0.2) is 39.1 Å². The van der Waals surface area contributed by atoms with Gasteiger partial charge < -0.3 is 15.5 Å². The van der Waals surface area contributed by atoms with Crippen LogP contribution in [0.3, 0.4) is 0 Å². The number of nitrogens with zero attached hydrogens (tertiary/aromatic N) is 2. The summed E-state index contributed by atoms with van der Waals surface area (Å²) in [6.45, 7) is 10.1. The van der Waals surface area contributed by atoms with E-state index in [1.165, 1.54) is 32.3 Å². The number of aliphatic hydroxyl groups is 1. The number of halogens is 2. The Hall–Kier alpha value is -2.55. The molecule has 0 amide bonds. The zero-order valence-electron chi connectivity index (χ0n) is 20.9. The number of carbonyl (C=O) groups excluding carboxylic acids is 1. The number of aromatic hydroxyl groups is 1.